The Balaban J connectivity index is 1.45. The summed E-state index contributed by atoms with van der Waals surface area (Å²) in [5.41, 5.74) is 0. The molecule has 0 spiro atoms. The maximum atomic E-state index is 3.70. The second-order valence-corrected chi connectivity index (χ2v) is 6.45. The first-order valence-electron chi connectivity index (χ1n) is 8.06. The Morgan fingerprint density at radius 3 is 2.56 bits per heavy atom. The topological polar surface area (TPSA) is 18.5 Å². The molecule has 0 aromatic carbocycles. The third kappa shape index (κ3) is 3.06. The summed E-state index contributed by atoms with van der Waals surface area (Å²) >= 11 is 0. The average Bonchev–Trinajstić information content (AvgIpc) is 2.90. The summed E-state index contributed by atoms with van der Waals surface area (Å²) < 4.78 is 0. The van der Waals surface area contributed by atoms with Gasteiger partial charge in [0.05, 0.1) is 0 Å². The lowest BCUT2D eigenvalue weighted by molar-refractivity contribution is 0.219. The lowest BCUT2D eigenvalue weighted by Gasteiger charge is -2.26. The largest absolute Gasteiger partial charge is 0.313 e. The van der Waals surface area contributed by atoms with Gasteiger partial charge in [0, 0.05) is 25.2 Å². The van der Waals surface area contributed by atoms with Crippen molar-refractivity contribution in [2.45, 2.75) is 51.1 Å². The molecule has 18 heavy (non-hydrogen) atoms. The highest BCUT2D eigenvalue weighted by atomic mass is 15.3. The number of likely N-dealkylation sites (tertiary alicyclic amines) is 2. The van der Waals surface area contributed by atoms with Crippen LogP contribution in [0.1, 0.15) is 39.0 Å². The second kappa shape index (κ2) is 5.89. The third-order valence-electron chi connectivity index (χ3n) is 5.02. The quantitative estimate of drug-likeness (QED) is 0.772. The molecule has 3 aliphatic rings. The Kier molecular flexibility index (Phi) is 4.22. The lowest BCUT2D eigenvalue weighted by Crippen LogP contribution is -2.43. The number of hydrogen-bond acceptors (Lipinski definition) is 3. The summed E-state index contributed by atoms with van der Waals surface area (Å²) in [6.07, 6.45) is 7.18. The SMILES string of the molecule is CCNC(CN1CCC(N2CCCC2)C1)C1CC1. The van der Waals surface area contributed by atoms with Crippen molar-refractivity contribution in [2.24, 2.45) is 5.92 Å². The Hall–Kier alpha value is -0.120. The van der Waals surface area contributed by atoms with Gasteiger partial charge in [0.25, 0.3) is 0 Å². The molecule has 1 saturated carbocycles. The van der Waals surface area contributed by atoms with E-state index < -0.39 is 0 Å². The fraction of sp³-hybridized carbons (Fsp3) is 1.00. The molecular weight excluding hydrogens is 222 g/mol. The van der Waals surface area contributed by atoms with Crippen molar-refractivity contribution in [3.8, 4) is 0 Å². The minimum atomic E-state index is 0.771. The van der Waals surface area contributed by atoms with E-state index in [4.69, 9.17) is 0 Å². The van der Waals surface area contributed by atoms with E-state index in [1.807, 2.05) is 0 Å². The molecule has 3 rings (SSSR count). The van der Waals surface area contributed by atoms with Gasteiger partial charge in [-0.3, -0.25) is 4.90 Å². The maximum absolute atomic E-state index is 3.70. The van der Waals surface area contributed by atoms with E-state index in [2.05, 4.69) is 22.0 Å². The van der Waals surface area contributed by atoms with E-state index in [1.165, 1.54) is 64.8 Å². The number of nitrogens with zero attached hydrogens (tertiary/aromatic N) is 2. The van der Waals surface area contributed by atoms with Crippen molar-refractivity contribution in [3.63, 3.8) is 0 Å². The molecule has 0 aromatic rings. The predicted molar refractivity (Wildman–Crippen MR) is 75.8 cm³/mol. The smallest absolute Gasteiger partial charge is 0.0235 e. The zero-order chi connectivity index (χ0) is 12.4. The van der Waals surface area contributed by atoms with Crippen LogP contribution in [0.15, 0.2) is 0 Å². The van der Waals surface area contributed by atoms with E-state index >= 15 is 0 Å². The zero-order valence-corrected chi connectivity index (χ0v) is 11.9. The van der Waals surface area contributed by atoms with E-state index in [9.17, 15) is 0 Å². The summed E-state index contributed by atoms with van der Waals surface area (Å²) in [5, 5.41) is 3.70. The van der Waals surface area contributed by atoms with Crippen LogP contribution in [0, 0.1) is 5.92 Å². The predicted octanol–water partition coefficient (Wildman–Crippen LogP) is 1.54. The van der Waals surface area contributed by atoms with Crippen LogP contribution in [-0.4, -0.2) is 61.2 Å². The van der Waals surface area contributed by atoms with Gasteiger partial charge in [0.1, 0.15) is 0 Å². The van der Waals surface area contributed by atoms with E-state index in [1.54, 1.807) is 0 Å². The second-order valence-electron chi connectivity index (χ2n) is 6.45. The van der Waals surface area contributed by atoms with Crippen molar-refractivity contribution in [2.75, 3.05) is 39.3 Å². The number of nitrogens with one attached hydrogen (secondary N) is 1. The van der Waals surface area contributed by atoms with Crippen LogP contribution < -0.4 is 5.32 Å². The average molecular weight is 251 g/mol. The van der Waals surface area contributed by atoms with Crippen LogP contribution in [-0.2, 0) is 0 Å². The normalized spacial score (nSPS) is 32.2. The molecule has 0 aromatic heterocycles. The summed E-state index contributed by atoms with van der Waals surface area (Å²) in [5.74, 6) is 0.982. The van der Waals surface area contributed by atoms with Gasteiger partial charge in [-0.2, -0.15) is 0 Å². The van der Waals surface area contributed by atoms with E-state index in [0.717, 1.165) is 24.5 Å². The highest BCUT2D eigenvalue weighted by Crippen LogP contribution is 2.33. The maximum Gasteiger partial charge on any atom is 0.0235 e. The molecule has 2 aliphatic heterocycles. The molecule has 2 heterocycles. The monoisotopic (exact) mass is 251 g/mol. The Labute approximate surface area is 112 Å². The standard InChI is InChI=1S/C15H29N3/c1-2-16-15(13-5-6-13)12-17-10-7-14(11-17)18-8-3-4-9-18/h13-16H,2-12H2,1H3. The highest BCUT2D eigenvalue weighted by Gasteiger charge is 2.35. The summed E-state index contributed by atoms with van der Waals surface area (Å²) in [4.78, 5) is 5.45. The number of rotatable bonds is 6. The number of likely N-dealkylation sites (N-methyl/N-ethyl adjacent to an activating group) is 1. The van der Waals surface area contributed by atoms with Crippen molar-refractivity contribution >= 4 is 0 Å². The molecular formula is C15H29N3. The molecule has 0 bridgehead atoms. The van der Waals surface area contributed by atoms with Gasteiger partial charge in [-0.1, -0.05) is 6.92 Å². The fourth-order valence-corrected chi connectivity index (χ4v) is 3.80. The van der Waals surface area contributed by atoms with Gasteiger partial charge >= 0.3 is 0 Å². The molecule has 2 atom stereocenters. The van der Waals surface area contributed by atoms with Crippen molar-refractivity contribution in [3.05, 3.63) is 0 Å². The molecule has 104 valence electrons. The van der Waals surface area contributed by atoms with Gasteiger partial charge < -0.3 is 10.2 Å². The van der Waals surface area contributed by atoms with Crippen LogP contribution in [0.2, 0.25) is 0 Å². The Morgan fingerprint density at radius 1 is 1.11 bits per heavy atom. The van der Waals surface area contributed by atoms with Crippen LogP contribution in [0.25, 0.3) is 0 Å². The first kappa shape index (κ1) is 12.9. The number of hydrogen-bond donors (Lipinski definition) is 1. The van der Waals surface area contributed by atoms with Crippen LogP contribution >= 0.6 is 0 Å². The summed E-state index contributed by atoms with van der Waals surface area (Å²) in [7, 11) is 0. The molecule has 3 heteroatoms. The van der Waals surface area contributed by atoms with Gasteiger partial charge in [0.2, 0.25) is 0 Å². The molecule has 2 unspecified atom stereocenters. The van der Waals surface area contributed by atoms with Gasteiger partial charge in [-0.25, -0.2) is 0 Å². The Bertz CT molecular complexity index is 258. The summed E-state index contributed by atoms with van der Waals surface area (Å²) in [6, 6.07) is 1.64. The first-order chi connectivity index (χ1) is 8.86. The third-order valence-corrected chi connectivity index (χ3v) is 5.02. The lowest BCUT2D eigenvalue weighted by atomic mass is 10.1. The minimum absolute atomic E-state index is 0.771. The van der Waals surface area contributed by atoms with Crippen molar-refractivity contribution in [1.29, 1.82) is 0 Å². The van der Waals surface area contributed by atoms with Crippen LogP contribution in [0.5, 0.6) is 0 Å². The zero-order valence-electron chi connectivity index (χ0n) is 11.9. The fourth-order valence-electron chi connectivity index (χ4n) is 3.80. The van der Waals surface area contributed by atoms with Gasteiger partial charge in [0.15, 0.2) is 0 Å². The van der Waals surface area contributed by atoms with Crippen LogP contribution in [0.3, 0.4) is 0 Å². The molecule has 1 aliphatic carbocycles. The Morgan fingerprint density at radius 2 is 1.89 bits per heavy atom. The molecule has 1 N–H and O–H groups in total. The first-order valence-corrected chi connectivity index (χ1v) is 8.06. The highest BCUT2D eigenvalue weighted by molar-refractivity contribution is 4.92. The molecule has 0 radical (unpaired) electrons. The molecule has 3 fully saturated rings. The van der Waals surface area contributed by atoms with E-state index in [-0.39, 0.29) is 0 Å². The molecule has 2 saturated heterocycles. The molecule has 0 amide bonds. The van der Waals surface area contributed by atoms with Gasteiger partial charge in [-0.15, -0.1) is 0 Å². The molecule has 3 nitrogen and oxygen atoms in total. The van der Waals surface area contributed by atoms with Crippen molar-refractivity contribution < 1.29 is 0 Å². The minimum Gasteiger partial charge on any atom is -0.313 e. The van der Waals surface area contributed by atoms with E-state index in [0.29, 0.717) is 0 Å². The summed E-state index contributed by atoms with van der Waals surface area (Å²) in [6.45, 7) is 10.0. The van der Waals surface area contributed by atoms with Gasteiger partial charge in [-0.05, 0) is 64.2 Å². The van der Waals surface area contributed by atoms with Crippen LogP contribution in [0.4, 0.5) is 0 Å². The van der Waals surface area contributed by atoms with Crippen molar-refractivity contribution in [1.82, 2.24) is 15.1 Å².